The van der Waals surface area contributed by atoms with Crippen LogP contribution in [-0.2, 0) is 17.5 Å². The number of rotatable bonds is 4. The van der Waals surface area contributed by atoms with Crippen molar-refractivity contribution in [2.24, 2.45) is 0 Å². The maximum Gasteiger partial charge on any atom is 0.417 e. The molecule has 8 heteroatoms. The number of benzene rings is 1. The number of pyridine rings is 1. The first-order valence-electron chi connectivity index (χ1n) is 7.00. The molecule has 1 aromatic heterocycles. The van der Waals surface area contributed by atoms with Gasteiger partial charge in [-0.3, -0.25) is 9.59 Å². The summed E-state index contributed by atoms with van der Waals surface area (Å²) < 4.78 is 38.8. The quantitative estimate of drug-likeness (QED) is 0.910. The lowest BCUT2D eigenvalue weighted by Crippen LogP contribution is -2.34. The van der Waals surface area contributed by atoms with Gasteiger partial charge >= 0.3 is 6.18 Å². The van der Waals surface area contributed by atoms with Crippen LogP contribution >= 0.6 is 11.6 Å². The Morgan fingerprint density at radius 2 is 1.92 bits per heavy atom. The molecule has 4 nitrogen and oxygen atoms in total. The molecule has 1 amide bonds. The van der Waals surface area contributed by atoms with E-state index in [0.717, 1.165) is 10.6 Å². The first-order chi connectivity index (χ1) is 11.2. The zero-order valence-electron chi connectivity index (χ0n) is 12.6. The zero-order chi connectivity index (χ0) is 17.9. The van der Waals surface area contributed by atoms with E-state index in [1.807, 2.05) is 0 Å². The van der Waals surface area contributed by atoms with E-state index < -0.39 is 35.8 Å². The van der Waals surface area contributed by atoms with Gasteiger partial charge in [0.05, 0.1) is 11.6 Å². The average Bonchev–Trinajstić information content (AvgIpc) is 2.48. The van der Waals surface area contributed by atoms with E-state index in [9.17, 15) is 22.8 Å². The van der Waals surface area contributed by atoms with Crippen molar-refractivity contribution in [3.05, 3.63) is 69.1 Å². The van der Waals surface area contributed by atoms with E-state index in [4.69, 9.17) is 11.6 Å². The molecule has 0 spiro atoms. The van der Waals surface area contributed by atoms with Crippen LogP contribution in [0.1, 0.15) is 24.1 Å². The van der Waals surface area contributed by atoms with Gasteiger partial charge in [0.15, 0.2) is 0 Å². The topological polar surface area (TPSA) is 51.1 Å². The van der Waals surface area contributed by atoms with Gasteiger partial charge in [0.1, 0.15) is 6.54 Å². The number of carbonyl (C=O) groups is 1. The van der Waals surface area contributed by atoms with Crippen molar-refractivity contribution in [1.82, 2.24) is 9.88 Å². The lowest BCUT2D eigenvalue weighted by Gasteiger charge is -2.16. The Kier molecular flexibility index (Phi) is 5.33. The first-order valence-corrected chi connectivity index (χ1v) is 7.38. The molecule has 24 heavy (non-hydrogen) atoms. The fourth-order valence-corrected chi connectivity index (χ4v) is 2.47. The van der Waals surface area contributed by atoms with Crippen LogP contribution in [-0.4, -0.2) is 10.5 Å². The van der Waals surface area contributed by atoms with E-state index in [0.29, 0.717) is 22.8 Å². The highest BCUT2D eigenvalue weighted by molar-refractivity contribution is 6.31. The van der Waals surface area contributed by atoms with Gasteiger partial charge in [-0.05, 0) is 24.6 Å². The summed E-state index contributed by atoms with van der Waals surface area (Å²) in [5, 5.41) is 3.07. The Morgan fingerprint density at radius 3 is 2.54 bits per heavy atom. The molecule has 0 bridgehead atoms. The van der Waals surface area contributed by atoms with Crippen LogP contribution < -0.4 is 10.9 Å². The van der Waals surface area contributed by atoms with Crippen molar-refractivity contribution < 1.29 is 18.0 Å². The van der Waals surface area contributed by atoms with E-state index in [2.05, 4.69) is 5.32 Å². The third-order valence-corrected chi connectivity index (χ3v) is 3.72. The molecule has 2 rings (SSSR count). The summed E-state index contributed by atoms with van der Waals surface area (Å²) >= 11 is 6.03. The third-order valence-electron chi connectivity index (χ3n) is 3.37. The molecule has 1 atom stereocenters. The van der Waals surface area contributed by atoms with Crippen molar-refractivity contribution in [3.63, 3.8) is 0 Å². The molecule has 0 fully saturated rings. The van der Waals surface area contributed by atoms with Gasteiger partial charge < -0.3 is 9.88 Å². The summed E-state index contributed by atoms with van der Waals surface area (Å²) in [4.78, 5) is 23.7. The highest BCUT2D eigenvalue weighted by Crippen LogP contribution is 2.28. The van der Waals surface area contributed by atoms with Gasteiger partial charge in [0.25, 0.3) is 5.56 Å². The molecule has 0 aliphatic rings. The highest BCUT2D eigenvalue weighted by atomic mass is 35.5. The minimum Gasteiger partial charge on any atom is -0.348 e. The van der Waals surface area contributed by atoms with Gasteiger partial charge in [-0.15, -0.1) is 0 Å². The number of amides is 1. The molecule has 0 unspecified atom stereocenters. The second-order valence-electron chi connectivity index (χ2n) is 5.19. The summed E-state index contributed by atoms with van der Waals surface area (Å²) in [7, 11) is 0. The first kappa shape index (κ1) is 18.1. The van der Waals surface area contributed by atoms with Crippen molar-refractivity contribution in [2.75, 3.05) is 0 Å². The predicted octanol–water partition coefficient (Wildman–Crippen LogP) is 3.40. The lowest BCUT2D eigenvalue weighted by atomic mass is 10.1. The maximum absolute atomic E-state index is 12.7. The van der Waals surface area contributed by atoms with Crippen molar-refractivity contribution in [2.45, 2.75) is 25.7 Å². The molecule has 1 aromatic carbocycles. The van der Waals surface area contributed by atoms with Gasteiger partial charge in [-0.25, -0.2) is 0 Å². The van der Waals surface area contributed by atoms with Crippen molar-refractivity contribution in [1.29, 1.82) is 0 Å². The van der Waals surface area contributed by atoms with Gasteiger partial charge in [0, 0.05) is 17.3 Å². The molecule has 0 radical (unpaired) electrons. The normalized spacial score (nSPS) is 12.7. The predicted molar refractivity (Wildman–Crippen MR) is 83.7 cm³/mol. The maximum atomic E-state index is 12.7. The summed E-state index contributed by atoms with van der Waals surface area (Å²) in [6, 6.07) is 7.90. The summed E-state index contributed by atoms with van der Waals surface area (Å²) in [5.74, 6) is -0.594. The molecule has 0 aliphatic heterocycles. The molecule has 2 aromatic rings. The Bertz CT molecular complexity index is 802. The SMILES string of the molecule is C[C@H](NC(=O)Cn1cc(C(F)(F)F)ccc1=O)c1ccccc1Cl. The Labute approximate surface area is 140 Å². The third kappa shape index (κ3) is 4.38. The number of halogens is 4. The summed E-state index contributed by atoms with van der Waals surface area (Å²) in [6.45, 7) is 1.17. The number of alkyl halides is 3. The molecular formula is C16H14ClF3N2O2. The van der Waals surface area contributed by atoms with Crippen molar-refractivity contribution >= 4 is 17.5 Å². The van der Waals surface area contributed by atoms with Crippen molar-refractivity contribution in [3.8, 4) is 0 Å². The van der Waals surface area contributed by atoms with Crippen LogP contribution in [0.3, 0.4) is 0 Å². The Balaban J connectivity index is 2.13. The molecule has 0 saturated carbocycles. The average molecular weight is 359 g/mol. The van der Waals surface area contributed by atoms with E-state index in [1.165, 1.54) is 0 Å². The summed E-state index contributed by atoms with van der Waals surface area (Å²) in [6.07, 6.45) is -3.96. The fourth-order valence-electron chi connectivity index (χ4n) is 2.17. The number of hydrogen-bond donors (Lipinski definition) is 1. The second-order valence-corrected chi connectivity index (χ2v) is 5.60. The van der Waals surface area contributed by atoms with Gasteiger partial charge in [-0.2, -0.15) is 13.2 Å². The zero-order valence-corrected chi connectivity index (χ0v) is 13.4. The second kappa shape index (κ2) is 7.09. The Hall–Kier alpha value is -2.28. The van der Waals surface area contributed by atoms with E-state index >= 15 is 0 Å². The molecular weight excluding hydrogens is 345 g/mol. The lowest BCUT2D eigenvalue weighted by molar-refractivity contribution is -0.138. The van der Waals surface area contributed by atoms with E-state index in [1.54, 1.807) is 31.2 Å². The monoisotopic (exact) mass is 358 g/mol. The number of nitrogens with zero attached hydrogens (tertiary/aromatic N) is 1. The minimum atomic E-state index is -4.59. The van der Waals surface area contributed by atoms with Gasteiger partial charge in [-0.1, -0.05) is 29.8 Å². The molecule has 1 N–H and O–H groups in total. The van der Waals surface area contributed by atoms with Crippen LogP contribution in [0, 0.1) is 0 Å². The number of nitrogens with one attached hydrogen (secondary N) is 1. The smallest absolute Gasteiger partial charge is 0.348 e. The van der Waals surface area contributed by atoms with Crippen LogP contribution in [0.15, 0.2) is 47.4 Å². The minimum absolute atomic E-state index is 0.451. The molecule has 128 valence electrons. The Morgan fingerprint density at radius 1 is 1.25 bits per heavy atom. The van der Waals surface area contributed by atoms with Crippen LogP contribution in [0.25, 0.3) is 0 Å². The van der Waals surface area contributed by atoms with Crippen LogP contribution in [0.2, 0.25) is 5.02 Å². The number of aromatic nitrogens is 1. The van der Waals surface area contributed by atoms with Crippen LogP contribution in [0.4, 0.5) is 13.2 Å². The molecule has 1 heterocycles. The number of hydrogen-bond acceptors (Lipinski definition) is 2. The standard InChI is InChI=1S/C16H14ClF3N2O2/c1-10(12-4-2-3-5-13(12)17)21-14(23)9-22-8-11(16(18,19)20)6-7-15(22)24/h2-8,10H,9H2,1H3,(H,21,23)/t10-/m0/s1. The van der Waals surface area contributed by atoms with Crippen LogP contribution in [0.5, 0.6) is 0 Å². The molecule has 0 aliphatic carbocycles. The van der Waals surface area contributed by atoms with E-state index in [-0.39, 0.29) is 0 Å². The highest BCUT2D eigenvalue weighted by Gasteiger charge is 2.31. The largest absolute Gasteiger partial charge is 0.417 e. The van der Waals surface area contributed by atoms with Gasteiger partial charge in [0.2, 0.25) is 5.91 Å². The number of carbonyl (C=O) groups excluding carboxylic acids is 1. The summed E-state index contributed by atoms with van der Waals surface area (Å²) in [5.41, 5.74) is -1.01. The fraction of sp³-hybridized carbons (Fsp3) is 0.250. The molecule has 0 saturated heterocycles.